The number of thioether (sulfide) groups is 1. The largest absolute Gasteiger partial charge is 0.462 e. The number of fused-ring (bicyclic) bond motifs is 1. The van der Waals surface area contributed by atoms with E-state index in [9.17, 15) is 14.4 Å². The number of ether oxygens (including phenoxy) is 1. The molecule has 35 heavy (non-hydrogen) atoms. The van der Waals surface area contributed by atoms with Crippen molar-refractivity contribution in [3.8, 4) is 11.1 Å². The van der Waals surface area contributed by atoms with E-state index < -0.39 is 5.97 Å². The van der Waals surface area contributed by atoms with Crippen molar-refractivity contribution in [3.63, 3.8) is 0 Å². The Morgan fingerprint density at radius 2 is 1.83 bits per heavy atom. The van der Waals surface area contributed by atoms with E-state index >= 15 is 0 Å². The van der Waals surface area contributed by atoms with E-state index in [0.717, 1.165) is 22.9 Å². The highest BCUT2D eigenvalue weighted by molar-refractivity contribution is 7.99. The Bertz CT molecular complexity index is 1410. The molecule has 0 atom stereocenters. The minimum Gasteiger partial charge on any atom is -0.462 e. The molecule has 0 fully saturated rings. The van der Waals surface area contributed by atoms with Crippen LogP contribution in [0.4, 0.5) is 5.69 Å². The number of hydrogen-bond donors (Lipinski definition) is 2. The number of H-pyrrole nitrogens is 1. The van der Waals surface area contributed by atoms with Gasteiger partial charge >= 0.3 is 5.97 Å². The number of nitrogens with one attached hydrogen (secondary N) is 2. The van der Waals surface area contributed by atoms with Gasteiger partial charge in [-0.05, 0) is 48.2 Å². The molecule has 0 aliphatic carbocycles. The molecular formula is C26H25N3O4S2. The summed E-state index contributed by atoms with van der Waals surface area (Å²) in [5.74, 6) is -0.147. The molecule has 0 aliphatic heterocycles. The molecule has 9 heteroatoms. The van der Waals surface area contributed by atoms with Crippen LogP contribution in [0.3, 0.4) is 0 Å². The van der Waals surface area contributed by atoms with Gasteiger partial charge in [0.25, 0.3) is 5.56 Å². The Kier molecular flexibility index (Phi) is 7.67. The predicted octanol–water partition coefficient (Wildman–Crippen LogP) is 5.68. The molecule has 2 aromatic heterocycles. The number of carbonyl (C=O) groups excluding carboxylic acids is 2. The van der Waals surface area contributed by atoms with Gasteiger partial charge in [0.2, 0.25) is 5.91 Å². The molecule has 2 N–H and O–H groups in total. The molecule has 4 aromatic rings. The lowest BCUT2D eigenvalue weighted by atomic mass is 9.99. The minimum atomic E-state index is -0.407. The van der Waals surface area contributed by atoms with Crippen LogP contribution in [0.25, 0.3) is 21.3 Å². The fourth-order valence-corrected chi connectivity index (χ4v) is 5.16. The SMILES string of the molecule is CCOC(=O)c1ccc(NC(=O)CSc2nc3scc(-c4ccc(C(C)C)cc4)c3c(=O)[nH]2)cc1. The third-order valence-corrected chi connectivity index (χ3v) is 7.08. The van der Waals surface area contributed by atoms with Gasteiger partial charge < -0.3 is 15.0 Å². The fraction of sp³-hybridized carbons (Fsp3) is 0.231. The van der Waals surface area contributed by atoms with Gasteiger partial charge in [0.05, 0.1) is 23.3 Å². The van der Waals surface area contributed by atoms with Gasteiger partial charge in [-0.25, -0.2) is 9.78 Å². The van der Waals surface area contributed by atoms with Gasteiger partial charge in [-0.1, -0.05) is 49.9 Å². The molecule has 0 spiro atoms. The minimum absolute atomic E-state index is 0.0724. The number of hydrogen-bond acceptors (Lipinski definition) is 7. The maximum absolute atomic E-state index is 12.9. The normalized spacial score (nSPS) is 11.1. The number of aromatic amines is 1. The molecule has 180 valence electrons. The lowest BCUT2D eigenvalue weighted by Gasteiger charge is -2.07. The summed E-state index contributed by atoms with van der Waals surface area (Å²) in [6, 6.07) is 14.7. The summed E-state index contributed by atoms with van der Waals surface area (Å²) in [7, 11) is 0. The van der Waals surface area contributed by atoms with Gasteiger partial charge in [-0.3, -0.25) is 9.59 Å². The van der Waals surface area contributed by atoms with E-state index in [2.05, 4.69) is 41.3 Å². The first kappa shape index (κ1) is 24.7. The van der Waals surface area contributed by atoms with E-state index in [4.69, 9.17) is 4.74 Å². The topological polar surface area (TPSA) is 101 Å². The molecule has 0 aliphatic rings. The highest BCUT2D eigenvalue weighted by Crippen LogP contribution is 2.32. The average Bonchev–Trinajstić information content (AvgIpc) is 3.28. The van der Waals surface area contributed by atoms with Crippen LogP contribution >= 0.6 is 23.1 Å². The zero-order valence-electron chi connectivity index (χ0n) is 19.6. The van der Waals surface area contributed by atoms with Gasteiger partial charge in [0, 0.05) is 16.6 Å². The Labute approximate surface area is 210 Å². The van der Waals surface area contributed by atoms with Crippen LogP contribution in [0, 0.1) is 0 Å². The first-order chi connectivity index (χ1) is 16.9. The number of rotatable bonds is 8. The number of amides is 1. The highest BCUT2D eigenvalue weighted by Gasteiger charge is 2.15. The van der Waals surface area contributed by atoms with Crippen molar-refractivity contribution in [2.45, 2.75) is 31.8 Å². The first-order valence-electron chi connectivity index (χ1n) is 11.2. The lowest BCUT2D eigenvalue weighted by Crippen LogP contribution is -2.15. The third kappa shape index (κ3) is 5.80. The van der Waals surface area contributed by atoms with Crippen molar-refractivity contribution in [1.82, 2.24) is 9.97 Å². The monoisotopic (exact) mass is 507 g/mol. The average molecular weight is 508 g/mol. The van der Waals surface area contributed by atoms with Gasteiger partial charge in [0.15, 0.2) is 5.16 Å². The maximum Gasteiger partial charge on any atom is 0.338 e. The summed E-state index contributed by atoms with van der Waals surface area (Å²) < 4.78 is 4.95. The molecule has 7 nitrogen and oxygen atoms in total. The first-order valence-corrected chi connectivity index (χ1v) is 13.0. The number of aromatic nitrogens is 2. The van der Waals surface area contributed by atoms with Gasteiger partial charge in [-0.15, -0.1) is 11.3 Å². The van der Waals surface area contributed by atoms with Crippen LogP contribution < -0.4 is 10.9 Å². The van der Waals surface area contributed by atoms with Crippen molar-refractivity contribution in [2.24, 2.45) is 0 Å². The summed E-state index contributed by atoms with van der Waals surface area (Å²) in [6.07, 6.45) is 0. The van der Waals surface area contributed by atoms with Crippen molar-refractivity contribution in [3.05, 3.63) is 75.4 Å². The number of carbonyl (C=O) groups is 2. The third-order valence-electron chi connectivity index (χ3n) is 5.33. The number of thiophene rings is 1. The van der Waals surface area contributed by atoms with E-state index in [1.165, 1.54) is 16.9 Å². The summed E-state index contributed by atoms with van der Waals surface area (Å²) in [5.41, 5.74) is 3.83. The summed E-state index contributed by atoms with van der Waals surface area (Å²) >= 11 is 2.56. The smallest absolute Gasteiger partial charge is 0.338 e. The molecule has 4 rings (SSSR count). The van der Waals surface area contributed by atoms with Crippen molar-refractivity contribution >= 4 is 50.9 Å². The summed E-state index contributed by atoms with van der Waals surface area (Å²) in [6.45, 7) is 6.33. The van der Waals surface area contributed by atoms with Crippen molar-refractivity contribution < 1.29 is 14.3 Å². The number of anilines is 1. The zero-order valence-corrected chi connectivity index (χ0v) is 21.2. The molecule has 2 aromatic carbocycles. The van der Waals surface area contributed by atoms with Crippen molar-refractivity contribution in [2.75, 3.05) is 17.7 Å². The number of esters is 1. The van der Waals surface area contributed by atoms with Crippen LogP contribution in [0.2, 0.25) is 0 Å². The van der Waals surface area contributed by atoms with E-state index in [-0.39, 0.29) is 17.2 Å². The molecule has 0 saturated heterocycles. The zero-order chi connectivity index (χ0) is 24.9. The molecule has 1 amide bonds. The van der Waals surface area contributed by atoms with Crippen molar-refractivity contribution in [1.29, 1.82) is 0 Å². The second-order valence-electron chi connectivity index (χ2n) is 8.11. The molecule has 0 bridgehead atoms. The van der Waals surface area contributed by atoms with E-state index in [1.54, 1.807) is 31.2 Å². The van der Waals surface area contributed by atoms with Crippen LogP contribution in [-0.2, 0) is 9.53 Å². The Morgan fingerprint density at radius 3 is 2.49 bits per heavy atom. The Hall–Kier alpha value is -3.43. The maximum atomic E-state index is 12.9. The highest BCUT2D eigenvalue weighted by atomic mass is 32.2. The molecular weight excluding hydrogens is 482 g/mol. The van der Waals surface area contributed by atoms with E-state index in [1.807, 2.05) is 17.5 Å². The Balaban J connectivity index is 1.42. The summed E-state index contributed by atoms with van der Waals surface area (Å²) in [5, 5.41) is 5.66. The molecule has 0 radical (unpaired) electrons. The molecule has 2 heterocycles. The van der Waals surface area contributed by atoms with Crippen LogP contribution in [0.5, 0.6) is 0 Å². The lowest BCUT2D eigenvalue weighted by molar-refractivity contribution is -0.113. The quantitative estimate of drug-likeness (QED) is 0.181. The fourth-order valence-electron chi connectivity index (χ4n) is 3.49. The summed E-state index contributed by atoms with van der Waals surface area (Å²) in [4.78, 5) is 45.0. The van der Waals surface area contributed by atoms with Gasteiger partial charge in [-0.2, -0.15) is 0 Å². The van der Waals surface area contributed by atoms with E-state index in [0.29, 0.717) is 39.1 Å². The second kappa shape index (κ2) is 10.9. The van der Waals surface area contributed by atoms with Gasteiger partial charge in [0.1, 0.15) is 4.83 Å². The Morgan fingerprint density at radius 1 is 1.11 bits per heavy atom. The standard InChI is InChI=1S/C26H25N3O4S2/c1-4-33-25(32)18-9-11-19(12-10-18)27-21(30)14-35-26-28-23(31)22-20(13-34-24(22)29-26)17-7-5-16(6-8-17)15(2)3/h5-13,15H,4,14H2,1-3H3,(H,27,30)(H,28,29,31). The second-order valence-corrected chi connectivity index (χ2v) is 9.93. The van der Waals surface area contributed by atoms with Crippen LogP contribution in [-0.4, -0.2) is 34.2 Å². The predicted molar refractivity (Wildman–Crippen MR) is 142 cm³/mol. The molecule has 0 unspecified atom stereocenters. The number of benzene rings is 2. The van der Waals surface area contributed by atoms with Crippen LogP contribution in [0.1, 0.15) is 42.6 Å². The number of nitrogens with zero attached hydrogens (tertiary/aromatic N) is 1. The van der Waals surface area contributed by atoms with Crippen LogP contribution in [0.15, 0.2) is 63.9 Å². The molecule has 0 saturated carbocycles.